The predicted molar refractivity (Wildman–Crippen MR) is 35.8 cm³/mol. The lowest BCUT2D eigenvalue weighted by molar-refractivity contribution is 0.651. The zero-order valence-corrected chi connectivity index (χ0v) is 5.87. The lowest BCUT2D eigenvalue weighted by atomic mass is 10.4. The largest absolute Gasteiger partial charge is 0.345 e. The number of aryl methyl sites for hydroxylation is 2. The normalized spacial score (nSPS) is 15.7. The minimum Gasteiger partial charge on any atom is -0.279 e. The Morgan fingerprint density at radius 2 is 2.40 bits per heavy atom. The standard InChI is InChI=1S/C6H9N3O/c1-8-6(10)9-4-2-3-5(9)7-8/h2-4H2,1H3. The Balaban J connectivity index is 2.71. The van der Waals surface area contributed by atoms with Crippen LogP contribution in [0.2, 0.25) is 0 Å². The third-order valence-corrected chi connectivity index (χ3v) is 1.87. The molecule has 1 aliphatic heterocycles. The van der Waals surface area contributed by atoms with E-state index in [-0.39, 0.29) is 5.69 Å². The van der Waals surface area contributed by atoms with Gasteiger partial charge in [-0.05, 0) is 6.42 Å². The van der Waals surface area contributed by atoms with Crippen molar-refractivity contribution in [3.63, 3.8) is 0 Å². The van der Waals surface area contributed by atoms with Crippen LogP contribution in [0.25, 0.3) is 0 Å². The van der Waals surface area contributed by atoms with Crippen LogP contribution in [0.15, 0.2) is 4.79 Å². The van der Waals surface area contributed by atoms with Crippen LogP contribution in [0.4, 0.5) is 0 Å². The summed E-state index contributed by atoms with van der Waals surface area (Å²) in [4.78, 5) is 11.1. The predicted octanol–water partition coefficient (Wildman–Crippen LogP) is -0.472. The van der Waals surface area contributed by atoms with Crippen LogP contribution in [0.3, 0.4) is 0 Å². The quantitative estimate of drug-likeness (QED) is 0.487. The number of rotatable bonds is 0. The van der Waals surface area contributed by atoms with Gasteiger partial charge in [-0.3, -0.25) is 4.57 Å². The van der Waals surface area contributed by atoms with Crippen molar-refractivity contribution in [2.75, 3.05) is 0 Å². The highest BCUT2D eigenvalue weighted by Crippen LogP contribution is 2.06. The minimum atomic E-state index is 0.0208. The number of hydrogen-bond acceptors (Lipinski definition) is 2. The lowest BCUT2D eigenvalue weighted by Crippen LogP contribution is -2.21. The Morgan fingerprint density at radius 1 is 1.60 bits per heavy atom. The first kappa shape index (κ1) is 5.70. The summed E-state index contributed by atoms with van der Waals surface area (Å²) in [6, 6.07) is 0. The summed E-state index contributed by atoms with van der Waals surface area (Å²) in [6.45, 7) is 0.849. The van der Waals surface area contributed by atoms with Gasteiger partial charge in [0, 0.05) is 20.0 Å². The highest BCUT2D eigenvalue weighted by Gasteiger charge is 2.15. The Labute approximate surface area is 58.1 Å². The third kappa shape index (κ3) is 0.558. The number of nitrogens with zero attached hydrogens (tertiary/aromatic N) is 3. The van der Waals surface area contributed by atoms with E-state index in [1.54, 1.807) is 11.6 Å². The summed E-state index contributed by atoms with van der Waals surface area (Å²) < 4.78 is 3.13. The summed E-state index contributed by atoms with van der Waals surface area (Å²) in [7, 11) is 1.69. The minimum absolute atomic E-state index is 0.0208. The smallest absolute Gasteiger partial charge is 0.279 e. The van der Waals surface area contributed by atoms with Gasteiger partial charge < -0.3 is 0 Å². The van der Waals surface area contributed by atoms with E-state index in [0.717, 1.165) is 25.2 Å². The van der Waals surface area contributed by atoms with Crippen molar-refractivity contribution in [3.8, 4) is 0 Å². The molecule has 0 spiro atoms. The average molecular weight is 139 g/mol. The van der Waals surface area contributed by atoms with Crippen LogP contribution in [0.5, 0.6) is 0 Å². The van der Waals surface area contributed by atoms with Gasteiger partial charge in [0.05, 0.1) is 0 Å². The molecule has 0 unspecified atom stereocenters. The van der Waals surface area contributed by atoms with Crippen molar-refractivity contribution >= 4 is 0 Å². The molecule has 0 radical (unpaired) electrons. The molecular formula is C6H9N3O. The second-order valence-electron chi connectivity index (χ2n) is 2.58. The number of fused-ring (bicyclic) bond motifs is 1. The molecule has 10 heavy (non-hydrogen) atoms. The van der Waals surface area contributed by atoms with Gasteiger partial charge in [0.2, 0.25) is 0 Å². The first-order valence-corrected chi connectivity index (χ1v) is 3.42. The van der Waals surface area contributed by atoms with Crippen molar-refractivity contribution < 1.29 is 0 Å². The van der Waals surface area contributed by atoms with Gasteiger partial charge in [-0.25, -0.2) is 9.48 Å². The van der Waals surface area contributed by atoms with E-state index < -0.39 is 0 Å². The molecule has 0 aromatic carbocycles. The summed E-state index contributed by atoms with van der Waals surface area (Å²) in [6.07, 6.45) is 2.02. The van der Waals surface area contributed by atoms with Crippen molar-refractivity contribution in [1.82, 2.24) is 14.3 Å². The highest BCUT2D eigenvalue weighted by atomic mass is 16.2. The van der Waals surface area contributed by atoms with Crippen LogP contribution in [-0.2, 0) is 20.0 Å². The molecule has 0 amide bonds. The maximum atomic E-state index is 11.1. The highest BCUT2D eigenvalue weighted by molar-refractivity contribution is 4.92. The van der Waals surface area contributed by atoms with Crippen LogP contribution in [0.1, 0.15) is 12.2 Å². The van der Waals surface area contributed by atoms with Crippen molar-refractivity contribution in [2.24, 2.45) is 7.05 Å². The van der Waals surface area contributed by atoms with E-state index in [1.807, 2.05) is 0 Å². The molecule has 0 saturated heterocycles. The fourth-order valence-electron chi connectivity index (χ4n) is 1.36. The SMILES string of the molecule is Cn1nc2n(c1=O)CCC2. The second kappa shape index (κ2) is 1.71. The molecule has 54 valence electrons. The van der Waals surface area contributed by atoms with Gasteiger partial charge in [0.1, 0.15) is 5.82 Å². The molecule has 0 bridgehead atoms. The second-order valence-corrected chi connectivity index (χ2v) is 2.58. The lowest BCUT2D eigenvalue weighted by Gasteiger charge is -1.87. The van der Waals surface area contributed by atoms with E-state index in [2.05, 4.69) is 5.10 Å². The summed E-state index contributed by atoms with van der Waals surface area (Å²) in [5.74, 6) is 0.938. The Kier molecular flexibility index (Phi) is 0.977. The molecule has 4 heteroatoms. The molecule has 2 heterocycles. The molecular weight excluding hydrogens is 130 g/mol. The van der Waals surface area contributed by atoms with Crippen LogP contribution in [0, 0.1) is 0 Å². The van der Waals surface area contributed by atoms with E-state index in [4.69, 9.17) is 0 Å². The maximum Gasteiger partial charge on any atom is 0.345 e. The van der Waals surface area contributed by atoms with Gasteiger partial charge >= 0.3 is 5.69 Å². The van der Waals surface area contributed by atoms with E-state index in [0.29, 0.717) is 0 Å². The molecule has 1 aromatic heterocycles. The fraction of sp³-hybridized carbons (Fsp3) is 0.667. The Morgan fingerprint density at radius 3 is 3.10 bits per heavy atom. The Hall–Kier alpha value is -1.06. The monoisotopic (exact) mass is 139 g/mol. The topological polar surface area (TPSA) is 39.8 Å². The van der Waals surface area contributed by atoms with Crippen LogP contribution < -0.4 is 5.69 Å². The van der Waals surface area contributed by atoms with Crippen molar-refractivity contribution in [3.05, 3.63) is 16.3 Å². The van der Waals surface area contributed by atoms with Gasteiger partial charge in [-0.1, -0.05) is 0 Å². The first-order chi connectivity index (χ1) is 4.79. The molecule has 2 rings (SSSR count). The summed E-state index contributed by atoms with van der Waals surface area (Å²) in [5.41, 5.74) is 0.0208. The Bertz CT molecular complexity index is 309. The molecule has 4 nitrogen and oxygen atoms in total. The van der Waals surface area contributed by atoms with Crippen LogP contribution >= 0.6 is 0 Å². The van der Waals surface area contributed by atoms with Gasteiger partial charge in [0.25, 0.3) is 0 Å². The van der Waals surface area contributed by atoms with Gasteiger partial charge in [-0.15, -0.1) is 0 Å². The molecule has 0 saturated carbocycles. The third-order valence-electron chi connectivity index (χ3n) is 1.87. The van der Waals surface area contributed by atoms with Crippen LogP contribution in [-0.4, -0.2) is 14.3 Å². The average Bonchev–Trinajstić information content (AvgIpc) is 2.41. The van der Waals surface area contributed by atoms with Gasteiger partial charge in [-0.2, -0.15) is 5.10 Å². The van der Waals surface area contributed by atoms with Crippen molar-refractivity contribution in [1.29, 1.82) is 0 Å². The molecule has 0 N–H and O–H groups in total. The van der Waals surface area contributed by atoms with Crippen molar-refractivity contribution in [2.45, 2.75) is 19.4 Å². The first-order valence-electron chi connectivity index (χ1n) is 3.42. The summed E-state index contributed by atoms with van der Waals surface area (Å²) in [5, 5.41) is 4.06. The summed E-state index contributed by atoms with van der Waals surface area (Å²) >= 11 is 0. The fourth-order valence-corrected chi connectivity index (χ4v) is 1.36. The number of hydrogen-bond donors (Lipinski definition) is 0. The molecule has 0 atom stereocenters. The zero-order chi connectivity index (χ0) is 7.14. The molecule has 1 aliphatic rings. The van der Waals surface area contributed by atoms with Gasteiger partial charge in [0.15, 0.2) is 0 Å². The maximum absolute atomic E-state index is 11.1. The van der Waals surface area contributed by atoms with E-state index in [9.17, 15) is 4.79 Å². The number of aromatic nitrogens is 3. The molecule has 0 fully saturated rings. The molecule has 1 aromatic rings. The van der Waals surface area contributed by atoms with E-state index in [1.165, 1.54) is 4.68 Å². The zero-order valence-electron chi connectivity index (χ0n) is 5.87. The molecule has 0 aliphatic carbocycles. The van der Waals surface area contributed by atoms with E-state index >= 15 is 0 Å².